The minimum atomic E-state index is 0.0920. The Balaban J connectivity index is 1.87. The summed E-state index contributed by atoms with van der Waals surface area (Å²) in [6.45, 7) is 9.60. The number of hydrogen-bond acceptors (Lipinski definition) is 4. The van der Waals surface area contributed by atoms with Crippen molar-refractivity contribution in [1.29, 1.82) is 0 Å². The van der Waals surface area contributed by atoms with E-state index in [1.54, 1.807) is 0 Å². The van der Waals surface area contributed by atoms with E-state index in [4.69, 9.17) is 9.47 Å². The van der Waals surface area contributed by atoms with Crippen molar-refractivity contribution in [3.05, 3.63) is 23.8 Å². The van der Waals surface area contributed by atoms with Crippen LogP contribution < -0.4 is 20.1 Å². The lowest BCUT2D eigenvalue weighted by Gasteiger charge is -2.15. The topological polar surface area (TPSA) is 59.6 Å². The van der Waals surface area contributed by atoms with Crippen LogP contribution in [-0.2, 0) is 11.2 Å². The smallest absolute Gasteiger partial charge is 0.224 e. The zero-order valence-corrected chi connectivity index (χ0v) is 14.4. The van der Waals surface area contributed by atoms with Gasteiger partial charge in [-0.25, -0.2) is 0 Å². The average Bonchev–Trinajstić information content (AvgIpc) is 2.96. The molecule has 128 valence electrons. The van der Waals surface area contributed by atoms with Crippen LogP contribution in [0.2, 0.25) is 0 Å². The van der Waals surface area contributed by atoms with E-state index in [1.165, 1.54) is 0 Å². The molecule has 0 spiro atoms. The van der Waals surface area contributed by atoms with Gasteiger partial charge >= 0.3 is 0 Å². The molecule has 0 radical (unpaired) electrons. The van der Waals surface area contributed by atoms with Crippen LogP contribution in [0.1, 0.15) is 26.3 Å². The molecule has 1 aliphatic rings. The first-order valence-electron chi connectivity index (χ1n) is 8.52. The minimum absolute atomic E-state index is 0.0920. The predicted octanol–water partition coefficient (Wildman–Crippen LogP) is 2.00. The first kappa shape index (κ1) is 17.6. The summed E-state index contributed by atoms with van der Waals surface area (Å²) in [6.07, 6.45) is 0.784. The van der Waals surface area contributed by atoms with Crippen molar-refractivity contribution in [2.45, 2.75) is 27.2 Å². The van der Waals surface area contributed by atoms with Gasteiger partial charge in [0.1, 0.15) is 0 Å². The maximum absolute atomic E-state index is 12.2. The highest BCUT2D eigenvalue weighted by molar-refractivity contribution is 5.79. The molecule has 1 fully saturated rings. The predicted molar refractivity (Wildman–Crippen MR) is 91.0 cm³/mol. The van der Waals surface area contributed by atoms with Crippen LogP contribution in [0.3, 0.4) is 0 Å². The van der Waals surface area contributed by atoms with Gasteiger partial charge in [-0.15, -0.1) is 0 Å². The van der Waals surface area contributed by atoms with E-state index >= 15 is 0 Å². The molecule has 2 atom stereocenters. The maximum Gasteiger partial charge on any atom is 0.224 e. The van der Waals surface area contributed by atoms with Crippen molar-refractivity contribution in [2.75, 3.05) is 32.8 Å². The van der Waals surface area contributed by atoms with E-state index in [9.17, 15) is 4.79 Å². The standard InChI is InChI=1S/C18H28N2O3/c1-4-22-16-7-6-14(10-17(16)23-5-2)8-9-20-18(21)15-12-19-11-13(15)3/h6-7,10,13,15,19H,4-5,8-9,11-12H2,1-3H3,(H,20,21)/t13-,15-/m1/s1. The van der Waals surface area contributed by atoms with Crippen molar-refractivity contribution in [3.63, 3.8) is 0 Å². The number of benzene rings is 1. The minimum Gasteiger partial charge on any atom is -0.490 e. The van der Waals surface area contributed by atoms with Gasteiger partial charge in [0.15, 0.2) is 11.5 Å². The molecule has 0 aliphatic carbocycles. The molecule has 1 amide bonds. The summed E-state index contributed by atoms with van der Waals surface area (Å²) in [5.41, 5.74) is 1.13. The normalized spacial score (nSPS) is 20.3. The number of amides is 1. The summed E-state index contributed by atoms with van der Waals surface area (Å²) >= 11 is 0. The van der Waals surface area contributed by atoms with Crippen LogP contribution in [0.25, 0.3) is 0 Å². The molecule has 1 heterocycles. The van der Waals surface area contributed by atoms with E-state index in [-0.39, 0.29) is 11.8 Å². The van der Waals surface area contributed by atoms with Gasteiger partial charge in [0.2, 0.25) is 5.91 Å². The van der Waals surface area contributed by atoms with Crippen LogP contribution in [-0.4, -0.2) is 38.8 Å². The highest BCUT2D eigenvalue weighted by Crippen LogP contribution is 2.28. The Morgan fingerprint density at radius 1 is 1.22 bits per heavy atom. The van der Waals surface area contributed by atoms with Gasteiger partial charge in [0, 0.05) is 13.1 Å². The Bertz CT molecular complexity index is 519. The lowest BCUT2D eigenvalue weighted by molar-refractivity contribution is -0.125. The molecule has 1 aliphatic heterocycles. The molecule has 1 aromatic carbocycles. The monoisotopic (exact) mass is 320 g/mol. The molecule has 0 bridgehead atoms. The maximum atomic E-state index is 12.2. The average molecular weight is 320 g/mol. The summed E-state index contributed by atoms with van der Waals surface area (Å²) < 4.78 is 11.2. The van der Waals surface area contributed by atoms with Crippen LogP contribution in [0.5, 0.6) is 11.5 Å². The Labute approximate surface area is 138 Å². The third-order valence-electron chi connectivity index (χ3n) is 4.17. The first-order chi connectivity index (χ1) is 11.2. The summed E-state index contributed by atoms with van der Waals surface area (Å²) in [6, 6.07) is 5.97. The zero-order chi connectivity index (χ0) is 16.7. The number of ether oxygens (including phenoxy) is 2. The fourth-order valence-electron chi connectivity index (χ4n) is 2.87. The van der Waals surface area contributed by atoms with Crippen molar-refractivity contribution >= 4 is 5.91 Å². The molecular formula is C18H28N2O3. The Kier molecular flexibility index (Phi) is 6.71. The zero-order valence-electron chi connectivity index (χ0n) is 14.4. The van der Waals surface area contributed by atoms with Gasteiger partial charge < -0.3 is 20.1 Å². The van der Waals surface area contributed by atoms with Gasteiger partial charge in [0.25, 0.3) is 0 Å². The molecule has 1 aromatic rings. The van der Waals surface area contributed by atoms with E-state index in [0.717, 1.165) is 36.6 Å². The van der Waals surface area contributed by atoms with Crippen molar-refractivity contribution in [3.8, 4) is 11.5 Å². The van der Waals surface area contributed by atoms with Crippen LogP contribution in [0, 0.1) is 11.8 Å². The Hall–Kier alpha value is -1.75. The van der Waals surface area contributed by atoms with Gasteiger partial charge in [-0.05, 0) is 50.4 Å². The molecule has 0 aromatic heterocycles. The van der Waals surface area contributed by atoms with Gasteiger partial charge in [-0.1, -0.05) is 13.0 Å². The summed E-state index contributed by atoms with van der Waals surface area (Å²) in [7, 11) is 0. The summed E-state index contributed by atoms with van der Waals surface area (Å²) in [5, 5.41) is 6.30. The second kappa shape index (κ2) is 8.77. The molecular weight excluding hydrogens is 292 g/mol. The van der Waals surface area contributed by atoms with Gasteiger partial charge in [-0.2, -0.15) is 0 Å². The van der Waals surface area contributed by atoms with E-state index in [2.05, 4.69) is 17.6 Å². The summed E-state index contributed by atoms with van der Waals surface area (Å²) in [4.78, 5) is 12.2. The fourth-order valence-corrected chi connectivity index (χ4v) is 2.87. The largest absolute Gasteiger partial charge is 0.490 e. The van der Waals surface area contributed by atoms with Crippen molar-refractivity contribution in [2.24, 2.45) is 11.8 Å². The number of rotatable bonds is 8. The molecule has 2 N–H and O–H groups in total. The van der Waals surface area contributed by atoms with Crippen molar-refractivity contribution < 1.29 is 14.3 Å². The lowest BCUT2D eigenvalue weighted by atomic mass is 9.97. The molecule has 0 unspecified atom stereocenters. The summed E-state index contributed by atoms with van der Waals surface area (Å²) in [5.74, 6) is 2.19. The second-order valence-corrected chi connectivity index (χ2v) is 5.93. The van der Waals surface area contributed by atoms with Crippen LogP contribution >= 0.6 is 0 Å². The van der Waals surface area contributed by atoms with E-state index in [0.29, 0.717) is 25.7 Å². The van der Waals surface area contributed by atoms with Crippen molar-refractivity contribution in [1.82, 2.24) is 10.6 Å². The second-order valence-electron chi connectivity index (χ2n) is 5.93. The highest BCUT2D eigenvalue weighted by Gasteiger charge is 2.29. The lowest BCUT2D eigenvalue weighted by Crippen LogP contribution is -2.35. The number of carbonyl (C=O) groups excluding carboxylic acids is 1. The molecule has 5 heteroatoms. The molecule has 0 saturated carbocycles. The van der Waals surface area contributed by atoms with Crippen LogP contribution in [0.15, 0.2) is 18.2 Å². The molecule has 23 heavy (non-hydrogen) atoms. The van der Waals surface area contributed by atoms with E-state index in [1.807, 2.05) is 32.0 Å². The third-order valence-corrected chi connectivity index (χ3v) is 4.17. The third kappa shape index (κ3) is 4.86. The molecule has 2 rings (SSSR count). The number of hydrogen-bond donors (Lipinski definition) is 2. The Morgan fingerprint density at radius 3 is 2.61 bits per heavy atom. The van der Waals surface area contributed by atoms with Gasteiger partial charge in [-0.3, -0.25) is 4.79 Å². The quantitative estimate of drug-likeness (QED) is 0.769. The fraction of sp³-hybridized carbons (Fsp3) is 0.611. The van der Waals surface area contributed by atoms with Gasteiger partial charge in [0.05, 0.1) is 19.1 Å². The SMILES string of the molecule is CCOc1ccc(CCNC(=O)[C@@H]2CNC[C@H]2C)cc1OCC. The first-order valence-corrected chi connectivity index (χ1v) is 8.52. The molecule has 1 saturated heterocycles. The Morgan fingerprint density at radius 2 is 1.96 bits per heavy atom. The number of nitrogens with one attached hydrogen (secondary N) is 2. The van der Waals surface area contributed by atoms with Crippen LogP contribution in [0.4, 0.5) is 0 Å². The molecule has 5 nitrogen and oxygen atoms in total. The highest BCUT2D eigenvalue weighted by atomic mass is 16.5. The number of carbonyl (C=O) groups is 1. The van der Waals surface area contributed by atoms with E-state index < -0.39 is 0 Å².